The van der Waals surface area contributed by atoms with Gasteiger partial charge in [-0.3, -0.25) is 9.69 Å². The molecule has 0 unspecified atom stereocenters. The number of nitrogens with zero attached hydrogens (tertiary/aromatic N) is 2. The number of aliphatic imine (C=N–C) groups is 1. The molecular formula is C25H23ClN2O3S. The molecule has 1 saturated heterocycles. The number of amides is 1. The molecule has 164 valence electrons. The number of amidine groups is 1. The molecule has 0 saturated carbocycles. The zero-order valence-electron chi connectivity index (χ0n) is 17.9. The number of carbonyl (C=O) groups is 1. The van der Waals surface area contributed by atoms with Crippen molar-refractivity contribution in [2.75, 3.05) is 13.2 Å². The summed E-state index contributed by atoms with van der Waals surface area (Å²) in [6.07, 6.45) is 2.61. The number of furan rings is 1. The molecule has 0 radical (unpaired) electrons. The summed E-state index contributed by atoms with van der Waals surface area (Å²) in [5.74, 6) is 2.07. The first-order valence-corrected chi connectivity index (χ1v) is 11.7. The zero-order chi connectivity index (χ0) is 22.5. The van der Waals surface area contributed by atoms with Gasteiger partial charge in [0, 0.05) is 23.2 Å². The Morgan fingerprint density at radius 3 is 2.50 bits per heavy atom. The smallest absolute Gasteiger partial charge is 0.266 e. The number of thioether (sulfide) groups is 1. The molecule has 1 amide bonds. The maximum Gasteiger partial charge on any atom is 0.266 e. The van der Waals surface area contributed by atoms with E-state index in [1.807, 2.05) is 74.5 Å². The number of hydrogen-bond donors (Lipinski definition) is 0. The van der Waals surface area contributed by atoms with E-state index in [-0.39, 0.29) is 5.91 Å². The maximum atomic E-state index is 13.0. The van der Waals surface area contributed by atoms with Crippen molar-refractivity contribution in [1.29, 1.82) is 0 Å². The molecule has 4 rings (SSSR count). The SMILES string of the molecule is CCCN1C(=O)/C(=C\c2ccc(-c3ccc(Cl)cc3)o2)SC1=Nc1ccc(OCC)cc1. The fourth-order valence-corrected chi connectivity index (χ4v) is 4.37. The van der Waals surface area contributed by atoms with Gasteiger partial charge in [0.25, 0.3) is 5.91 Å². The van der Waals surface area contributed by atoms with Gasteiger partial charge in [-0.05, 0) is 85.8 Å². The highest BCUT2D eigenvalue weighted by atomic mass is 35.5. The third kappa shape index (κ3) is 5.09. The van der Waals surface area contributed by atoms with E-state index in [0.29, 0.717) is 34.0 Å². The van der Waals surface area contributed by atoms with Gasteiger partial charge in [0.05, 0.1) is 17.2 Å². The van der Waals surface area contributed by atoms with E-state index in [1.54, 1.807) is 11.0 Å². The van der Waals surface area contributed by atoms with Crippen molar-refractivity contribution in [3.8, 4) is 17.1 Å². The highest BCUT2D eigenvalue weighted by Crippen LogP contribution is 2.35. The summed E-state index contributed by atoms with van der Waals surface area (Å²) in [7, 11) is 0. The van der Waals surface area contributed by atoms with Crippen LogP contribution in [-0.2, 0) is 4.79 Å². The van der Waals surface area contributed by atoms with Crippen LogP contribution >= 0.6 is 23.4 Å². The highest BCUT2D eigenvalue weighted by molar-refractivity contribution is 8.18. The second-order valence-corrected chi connectivity index (χ2v) is 8.54. The van der Waals surface area contributed by atoms with Crippen molar-refractivity contribution in [3.63, 3.8) is 0 Å². The molecule has 1 aliphatic heterocycles. The summed E-state index contributed by atoms with van der Waals surface area (Å²) in [6, 6.07) is 18.7. The Labute approximate surface area is 196 Å². The second kappa shape index (κ2) is 10.1. The first kappa shape index (κ1) is 22.2. The van der Waals surface area contributed by atoms with Gasteiger partial charge in [-0.2, -0.15) is 0 Å². The molecule has 2 aromatic carbocycles. The summed E-state index contributed by atoms with van der Waals surface area (Å²) in [5.41, 5.74) is 1.70. The molecule has 0 aliphatic carbocycles. The fraction of sp³-hybridized carbons (Fsp3) is 0.200. The van der Waals surface area contributed by atoms with E-state index < -0.39 is 0 Å². The van der Waals surface area contributed by atoms with Gasteiger partial charge in [-0.1, -0.05) is 18.5 Å². The lowest BCUT2D eigenvalue weighted by Gasteiger charge is -2.14. The second-order valence-electron chi connectivity index (χ2n) is 7.10. The van der Waals surface area contributed by atoms with Crippen molar-refractivity contribution in [1.82, 2.24) is 4.90 Å². The standard InChI is InChI=1S/C25H23ClN2O3S/c1-3-15-28-24(29)23(32-25(28)27-19-9-11-20(12-10-19)30-4-2)16-21-13-14-22(31-21)17-5-7-18(26)8-6-17/h5-14,16H,3-4,15H2,1-2H3/b23-16+,27-25?. The zero-order valence-corrected chi connectivity index (χ0v) is 19.4. The van der Waals surface area contributed by atoms with Crippen LogP contribution in [0.1, 0.15) is 26.0 Å². The fourth-order valence-electron chi connectivity index (χ4n) is 3.24. The van der Waals surface area contributed by atoms with Gasteiger partial charge in [0.2, 0.25) is 0 Å². The molecular weight excluding hydrogens is 444 g/mol. The van der Waals surface area contributed by atoms with E-state index in [0.717, 1.165) is 29.2 Å². The largest absolute Gasteiger partial charge is 0.494 e. The van der Waals surface area contributed by atoms with E-state index in [4.69, 9.17) is 25.7 Å². The average Bonchev–Trinajstić information content (AvgIpc) is 3.37. The predicted octanol–water partition coefficient (Wildman–Crippen LogP) is 7.01. The number of halogens is 1. The summed E-state index contributed by atoms with van der Waals surface area (Å²) in [6.45, 7) is 5.21. The van der Waals surface area contributed by atoms with Crippen molar-refractivity contribution in [2.24, 2.45) is 4.99 Å². The highest BCUT2D eigenvalue weighted by Gasteiger charge is 2.33. The summed E-state index contributed by atoms with van der Waals surface area (Å²) >= 11 is 7.32. The van der Waals surface area contributed by atoms with Crippen LogP contribution in [0.15, 0.2) is 75.0 Å². The third-order valence-corrected chi connectivity index (χ3v) is 6.00. The molecule has 0 atom stereocenters. The van der Waals surface area contributed by atoms with Crippen LogP contribution in [0, 0.1) is 0 Å². The van der Waals surface area contributed by atoms with Gasteiger partial charge in [-0.25, -0.2) is 4.99 Å². The van der Waals surface area contributed by atoms with E-state index in [2.05, 4.69) is 0 Å². The molecule has 0 N–H and O–H groups in total. The average molecular weight is 467 g/mol. The molecule has 1 fully saturated rings. The Bertz CT molecular complexity index is 1150. The van der Waals surface area contributed by atoms with Crippen molar-refractivity contribution < 1.29 is 13.9 Å². The minimum Gasteiger partial charge on any atom is -0.494 e. The number of hydrogen-bond acceptors (Lipinski definition) is 5. The Kier molecular flexibility index (Phi) is 7.02. The normalized spacial score (nSPS) is 16.3. The Morgan fingerprint density at radius 2 is 1.81 bits per heavy atom. The van der Waals surface area contributed by atoms with Crippen LogP contribution in [0.3, 0.4) is 0 Å². The first-order valence-electron chi connectivity index (χ1n) is 10.5. The third-order valence-electron chi connectivity index (χ3n) is 4.74. The minimum absolute atomic E-state index is 0.0639. The molecule has 32 heavy (non-hydrogen) atoms. The molecule has 0 spiro atoms. The minimum atomic E-state index is -0.0639. The van der Waals surface area contributed by atoms with Gasteiger partial charge in [0.1, 0.15) is 17.3 Å². The monoisotopic (exact) mass is 466 g/mol. The molecule has 1 aliphatic rings. The van der Waals surface area contributed by atoms with Crippen LogP contribution in [0.2, 0.25) is 5.02 Å². The van der Waals surface area contributed by atoms with Crippen LogP contribution in [0.5, 0.6) is 5.75 Å². The molecule has 2 heterocycles. The van der Waals surface area contributed by atoms with Gasteiger partial charge in [0.15, 0.2) is 5.17 Å². The Morgan fingerprint density at radius 1 is 1.06 bits per heavy atom. The van der Waals surface area contributed by atoms with E-state index in [1.165, 1.54) is 11.8 Å². The maximum absolute atomic E-state index is 13.0. The number of rotatable bonds is 7. The van der Waals surface area contributed by atoms with Crippen LogP contribution in [0.4, 0.5) is 5.69 Å². The lowest BCUT2D eigenvalue weighted by Crippen LogP contribution is -2.29. The van der Waals surface area contributed by atoms with Crippen LogP contribution in [0.25, 0.3) is 17.4 Å². The van der Waals surface area contributed by atoms with Crippen molar-refractivity contribution in [2.45, 2.75) is 20.3 Å². The summed E-state index contributed by atoms with van der Waals surface area (Å²) in [4.78, 5) is 20.0. The summed E-state index contributed by atoms with van der Waals surface area (Å²) < 4.78 is 11.4. The van der Waals surface area contributed by atoms with Crippen LogP contribution < -0.4 is 4.74 Å². The van der Waals surface area contributed by atoms with Crippen molar-refractivity contribution in [3.05, 3.63) is 76.4 Å². The lowest BCUT2D eigenvalue weighted by molar-refractivity contribution is -0.122. The first-order chi connectivity index (χ1) is 15.6. The van der Waals surface area contributed by atoms with E-state index >= 15 is 0 Å². The number of benzene rings is 2. The number of carbonyl (C=O) groups excluding carboxylic acids is 1. The van der Waals surface area contributed by atoms with Crippen LogP contribution in [-0.4, -0.2) is 29.1 Å². The van der Waals surface area contributed by atoms with Gasteiger partial charge >= 0.3 is 0 Å². The lowest BCUT2D eigenvalue weighted by atomic mass is 10.2. The van der Waals surface area contributed by atoms with Gasteiger partial charge in [-0.15, -0.1) is 0 Å². The van der Waals surface area contributed by atoms with Crippen molar-refractivity contribution >= 4 is 46.2 Å². The predicted molar refractivity (Wildman–Crippen MR) is 131 cm³/mol. The molecule has 0 bridgehead atoms. The molecule has 5 nitrogen and oxygen atoms in total. The molecule has 7 heteroatoms. The van der Waals surface area contributed by atoms with Gasteiger partial charge < -0.3 is 9.15 Å². The Hall–Kier alpha value is -2.96. The topological polar surface area (TPSA) is 55.0 Å². The quantitative estimate of drug-likeness (QED) is 0.351. The molecule has 3 aromatic rings. The number of ether oxygens (including phenoxy) is 1. The van der Waals surface area contributed by atoms with E-state index in [9.17, 15) is 4.79 Å². The molecule has 1 aromatic heterocycles. The Balaban J connectivity index is 1.58. The summed E-state index contributed by atoms with van der Waals surface area (Å²) in [5, 5.41) is 1.34.